The van der Waals surface area contributed by atoms with E-state index in [1.807, 2.05) is 18.3 Å². The average molecular weight is 249 g/mol. The average Bonchev–Trinajstić information content (AvgIpc) is 2.51. The zero-order valence-electron chi connectivity index (χ0n) is 10.9. The van der Waals surface area contributed by atoms with Crippen LogP contribution in [0.1, 0.15) is 0 Å². The molecule has 3 heterocycles. The molecule has 2 fully saturated rings. The van der Waals surface area contributed by atoms with Gasteiger partial charge in [0.25, 0.3) is 0 Å². The van der Waals surface area contributed by atoms with Crippen molar-refractivity contribution >= 4 is 5.82 Å². The Hall–Kier alpha value is -1.17. The molecule has 5 nitrogen and oxygen atoms in total. The highest BCUT2D eigenvalue weighted by Gasteiger charge is 2.09. The topological polar surface area (TPSA) is 52.2 Å². The highest BCUT2D eigenvalue weighted by Crippen LogP contribution is 2.08. The minimum absolute atomic E-state index is 1.07. The van der Waals surface area contributed by atoms with Gasteiger partial charge in [-0.15, -0.1) is 0 Å². The SMILES string of the molecule is C1CNCCN1.c1ccc(N2CCNCC2)nc1. The van der Waals surface area contributed by atoms with Crippen molar-refractivity contribution in [1.82, 2.24) is 20.9 Å². The lowest BCUT2D eigenvalue weighted by Crippen LogP contribution is -2.43. The van der Waals surface area contributed by atoms with Crippen LogP contribution in [-0.4, -0.2) is 57.3 Å². The van der Waals surface area contributed by atoms with E-state index in [1.165, 1.54) is 0 Å². The van der Waals surface area contributed by atoms with Gasteiger partial charge in [0.05, 0.1) is 0 Å². The first-order valence-corrected chi connectivity index (χ1v) is 6.75. The van der Waals surface area contributed by atoms with Crippen LogP contribution in [0.2, 0.25) is 0 Å². The lowest BCUT2D eigenvalue weighted by atomic mass is 10.3. The number of hydrogen-bond acceptors (Lipinski definition) is 5. The van der Waals surface area contributed by atoms with E-state index in [4.69, 9.17) is 0 Å². The lowest BCUT2D eigenvalue weighted by Gasteiger charge is -2.28. The third-order valence-electron chi connectivity index (χ3n) is 3.05. The van der Waals surface area contributed by atoms with Gasteiger partial charge >= 0.3 is 0 Å². The molecule has 0 spiro atoms. The maximum absolute atomic E-state index is 4.30. The Morgan fingerprint density at radius 2 is 1.44 bits per heavy atom. The van der Waals surface area contributed by atoms with Crippen LogP contribution >= 0.6 is 0 Å². The molecule has 2 aliphatic heterocycles. The van der Waals surface area contributed by atoms with Crippen LogP contribution in [0.15, 0.2) is 24.4 Å². The summed E-state index contributed by atoms with van der Waals surface area (Å²) in [6.45, 7) is 8.82. The zero-order valence-corrected chi connectivity index (χ0v) is 10.9. The Morgan fingerprint density at radius 3 is 1.94 bits per heavy atom. The number of piperazine rings is 2. The van der Waals surface area contributed by atoms with Gasteiger partial charge in [-0.2, -0.15) is 0 Å². The van der Waals surface area contributed by atoms with E-state index >= 15 is 0 Å². The molecule has 0 aliphatic carbocycles. The van der Waals surface area contributed by atoms with Crippen molar-refractivity contribution in [3.05, 3.63) is 24.4 Å². The maximum Gasteiger partial charge on any atom is 0.128 e. The fourth-order valence-corrected chi connectivity index (χ4v) is 2.04. The number of aromatic nitrogens is 1. The number of nitrogens with one attached hydrogen (secondary N) is 3. The summed E-state index contributed by atoms with van der Waals surface area (Å²) < 4.78 is 0. The van der Waals surface area contributed by atoms with Gasteiger partial charge in [0.1, 0.15) is 5.82 Å². The number of nitrogens with zero attached hydrogens (tertiary/aromatic N) is 2. The summed E-state index contributed by atoms with van der Waals surface area (Å²) in [5.74, 6) is 1.10. The molecule has 3 N–H and O–H groups in total. The Kier molecular flexibility index (Phi) is 5.91. The molecule has 5 heteroatoms. The second-order valence-electron chi connectivity index (χ2n) is 4.42. The Balaban J connectivity index is 0.000000169. The van der Waals surface area contributed by atoms with E-state index in [0.717, 1.165) is 58.2 Å². The van der Waals surface area contributed by atoms with Gasteiger partial charge < -0.3 is 20.9 Å². The predicted octanol–water partition coefficient (Wildman–Crippen LogP) is -0.330. The molecule has 1 aromatic rings. The summed E-state index contributed by atoms with van der Waals surface area (Å²) in [4.78, 5) is 6.60. The van der Waals surface area contributed by atoms with Crippen LogP contribution < -0.4 is 20.9 Å². The smallest absolute Gasteiger partial charge is 0.128 e. The molecule has 0 bridgehead atoms. The van der Waals surface area contributed by atoms with Crippen molar-refractivity contribution in [3.63, 3.8) is 0 Å². The van der Waals surface area contributed by atoms with Gasteiger partial charge in [-0.25, -0.2) is 4.98 Å². The molecule has 2 aliphatic rings. The molecular formula is C13H23N5. The first kappa shape index (κ1) is 13.3. The molecule has 0 amide bonds. The van der Waals surface area contributed by atoms with E-state index in [2.05, 4.69) is 31.9 Å². The van der Waals surface area contributed by atoms with Crippen molar-refractivity contribution < 1.29 is 0 Å². The Bertz CT molecular complexity index is 295. The zero-order chi connectivity index (χ0) is 12.5. The highest BCUT2D eigenvalue weighted by molar-refractivity contribution is 5.38. The van der Waals surface area contributed by atoms with Crippen molar-refractivity contribution in [2.24, 2.45) is 0 Å². The summed E-state index contributed by atoms with van der Waals surface area (Å²) in [5.41, 5.74) is 0. The highest BCUT2D eigenvalue weighted by atomic mass is 15.2. The fraction of sp³-hybridized carbons (Fsp3) is 0.615. The van der Waals surface area contributed by atoms with Gasteiger partial charge in [-0.3, -0.25) is 0 Å². The number of pyridine rings is 1. The Morgan fingerprint density at radius 1 is 0.833 bits per heavy atom. The van der Waals surface area contributed by atoms with Crippen molar-refractivity contribution in [1.29, 1.82) is 0 Å². The Labute approximate surface area is 109 Å². The van der Waals surface area contributed by atoms with Crippen molar-refractivity contribution in [2.75, 3.05) is 57.3 Å². The van der Waals surface area contributed by atoms with E-state index < -0.39 is 0 Å². The number of hydrogen-bond donors (Lipinski definition) is 3. The molecule has 0 atom stereocenters. The summed E-state index contributed by atoms with van der Waals surface area (Å²) in [7, 11) is 0. The largest absolute Gasteiger partial charge is 0.354 e. The first-order chi connectivity index (χ1) is 8.97. The molecule has 3 rings (SSSR count). The third kappa shape index (κ3) is 4.60. The monoisotopic (exact) mass is 249 g/mol. The van der Waals surface area contributed by atoms with Crippen molar-refractivity contribution in [3.8, 4) is 0 Å². The van der Waals surface area contributed by atoms with Gasteiger partial charge in [0.15, 0.2) is 0 Å². The van der Waals surface area contributed by atoms with Gasteiger partial charge in [0, 0.05) is 58.6 Å². The minimum Gasteiger partial charge on any atom is -0.354 e. The molecule has 2 saturated heterocycles. The van der Waals surface area contributed by atoms with Crippen LogP contribution in [0.3, 0.4) is 0 Å². The second-order valence-corrected chi connectivity index (χ2v) is 4.42. The van der Waals surface area contributed by atoms with Crippen LogP contribution in [-0.2, 0) is 0 Å². The lowest BCUT2D eigenvalue weighted by molar-refractivity contribution is 0.534. The van der Waals surface area contributed by atoms with Crippen LogP contribution in [0, 0.1) is 0 Å². The van der Waals surface area contributed by atoms with Crippen molar-refractivity contribution in [2.45, 2.75) is 0 Å². The predicted molar refractivity (Wildman–Crippen MR) is 75.1 cm³/mol. The third-order valence-corrected chi connectivity index (χ3v) is 3.05. The second kappa shape index (κ2) is 8.02. The molecule has 0 saturated carbocycles. The number of rotatable bonds is 1. The normalized spacial score (nSPS) is 19.9. The van der Waals surface area contributed by atoms with Gasteiger partial charge in [-0.1, -0.05) is 6.07 Å². The standard InChI is InChI=1S/C9H13N3.C4H10N2/c1-2-4-11-9(3-1)12-7-5-10-6-8-12;1-2-6-4-3-5-1/h1-4,10H,5-8H2;5-6H,1-4H2. The van der Waals surface area contributed by atoms with E-state index in [1.54, 1.807) is 0 Å². The van der Waals surface area contributed by atoms with Crippen LogP contribution in [0.4, 0.5) is 5.82 Å². The molecule has 100 valence electrons. The van der Waals surface area contributed by atoms with E-state index in [0.29, 0.717) is 0 Å². The summed E-state index contributed by atoms with van der Waals surface area (Å²) >= 11 is 0. The van der Waals surface area contributed by atoms with Gasteiger partial charge in [-0.05, 0) is 12.1 Å². The van der Waals surface area contributed by atoms with Crippen LogP contribution in [0.25, 0.3) is 0 Å². The molecule has 0 aromatic carbocycles. The summed E-state index contributed by atoms with van der Waals surface area (Å²) in [5, 5.41) is 9.76. The maximum atomic E-state index is 4.30. The molecule has 1 aromatic heterocycles. The molecular weight excluding hydrogens is 226 g/mol. The quantitative estimate of drug-likeness (QED) is 0.636. The fourth-order valence-electron chi connectivity index (χ4n) is 2.04. The van der Waals surface area contributed by atoms with Crippen LogP contribution in [0.5, 0.6) is 0 Å². The first-order valence-electron chi connectivity index (χ1n) is 6.75. The van der Waals surface area contributed by atoms with E-state index in [9.17, 15) is 0 Å². The molecule has 18 heavy (non-hydrogen) atoms. The number of anilines is 1. The van der Waals surface area contributed by atoms with Gasteiger partial charge in [0.2, 0.25) is 0 Å². The molecule has 0 unspecified atom stereocenters. The molecule has 0 radical (unpaired) electrons. The summed E-state index contributed by atoms with van der Waals surface area (Å²) in [6.07, 6.45) is 1.84. The minimum atomic E-state index is 1.07. The van der Waals surface area contributed by atoms with E-state index in [-0.39, 0.29) is 0 Å². The summed E-state index contributed by atoms with van der Waals surface area (Å²) in [6, 6.07) is 6.04.